The van der Waals surface area contributed by atoms with E-state index in [1.54, 1.807) is 36.7 Å². The number of nitrogens with one attached hydrogen (secondary N) is 1. The maximum absolute atomic E-state index is 12.8. The molecule has 3 N–H and O–H groups in total. The summed E-state index contributed by atoms with van der Waals surface area (Å²) < 4.78 is 2.19. The van der Waals surface area contributed by atoms with Gasteiger partial charge in [0, 0.05) is 23.1 Å². The number of aryl methyl sites for hydroxylation is 2. The van der Waals surface area contributed by atoms with E-state index in [1.165, 1.54) is 10.9 Å². The molecule has 10 nitrogen and oxygen atoms in total. The molecule has 1 aromatic carbocycles. The van der Waals surface area contributed by atoms with Crippen molar-refractivity contribution in [2.24, 2.45) is 5.73 Å². The molecule has 0 bridgehead atoms. The minimum atomic E-state index is -0.622. The molecule has 0 saturated heterocycles. The Hall–Kier alpha value is -3.83. The Balaban J connectivity index is 1.51. The lowest BCUT2D eigenvalue weighted by Gasteiger charge is -2.04. The number of benzene rings is 1. The molecule has 4 rings (SSSR count). The molecule has 12 heteroatoms. The van der Waals surface area contributed by atoms with Crippen LogP contribution in [0, 0.1) is 0 Å². The van der Waals surface area contributed by atoms with Crippen molar-refractivity contribution in [2.45, 2.75) is 19.4 Å². The Morgan fingerprint density at radius 3 is 2.64 bits per heavy atom. The van der Waals surface area contributed by atoms with Crippen LogP contribution in [0.4, 0.5) is 5.69 Å². The fourth-order valence-electron chi connectivity index (χ4n) is 3.06. The molecule has 0 radical (unpaired) electrons. The van der Waals surface area contributed by atoms with Gasteiger partial charge in [0.15, 0.2) is 5.13 Å². The highest BCUT2D eigenvalue weighted by Gasteiger charge is 2.19. The molecule has 0 unspecified atom stereocenters. The van der Waals surface area contributed by atoms with Gasteiger partial charge in [0.1, 0.15) is 17.7 Å². The number of aromatic nitrogens is 5. The molecule has 0 aliphatic carbocycles. The second-order valence-electron chi connectivity index (χ2n) is 6.99. The number of anilines is 1. The number of thiazole rings is 1. The lowest BCUT2D eigenvalue weighted by Crippen LogP contribution is -2.29. The van der Waals surface area contributed by atoms with Crippen molar-refractivity contribution in [3.05, 3.63) is 86.8 Å². The van der Waals surface area contributed by atoms with Crippen molar-refractivity contribution in [3.63, 3.8) is 0 Å². The molecular weight excluding hydrogens is 466 g/mol. The standard InChI is InChI=1S/C21H18ClN7O3S/c22-14-4-6-15(7-5-14)26-17(30)11-29-21(32)28(12-25-29)20-27-16(18(33-20)19(23)31)8-3-13-2-1-9-24-10-13/h1-2,4-7,9-10,12H,3,8,11H2,(H2,23,31)(H,26,30). The maximum Gasteiger partial charge on any atom is 0.352 e. The van der Waals surface area contributed by atoms with Crippen LogP contribution < -0.4 is 16.7 Å². The summed E-state index contributed by atoms with van der Waals surface area (Å²) in [5.41, 5.74) is 6.97. The van der Waals surface area contributed by atoms with Gasteiger partial charge in [0.25, 0.3) is 5.91 Å². The van der Waals surface area contributed by atoms with Crippen LogP contribution in [0.2, 0.25) is 5.02 Å². The number of carbonyl (C=O) groups excluding carboxylic acids is 2. The van der Waals surface area contributed by atoms with Gasteiger partial charge in [0.05, 0.1) is 5.69 Å². The first kappa shape index (κ1) is 22.4. The first-order chi connectivity index (χ1) is 15.9. The molecule has 0 atom stereocenters. The Morgan fingerprint density at radius 1 is 1.15 bits per heavy atom. The summed E-state index contributed by atoms with van der Waals surface area (Å²) >= 11 is 6.84. The van der Waals surface area contributed by atoms with E-state index < -0.39 is 17.5 Å². The molecule has 0 saturated carbocycles. The lowest BCUT2D eigenvalue weighted by atomic mass is 10.1. The van der Waals surface area contributed by atoms with Gasteiger partial charge in [-0.2, -0.15) is 5.10 Å². The van der Waals surface area contributed by atoms with Crippen molar-refractivity contribution < 1.29 is 9.59 Å². The molecular formula is C21H18ClN7O3S. The molecule has 3 aromatic heterocycles. The molecule has 3 heterocycles. The number of nitrogens with zero attached hydrogens (tertiary/aromatic N) is 5. The topological polar surface area (TPSA) is 138 Å². The summed E-state index contributed by atoms with van der Waals surface area (Å²) in [5.74, 6) is -1.05. The molecule has 0 fully saturated rings. The molecule has 0 aliphatic rings. The Kier molecular flexibility index (Phi) is 6.61. The van der Waals surface area contributed by atoms with Gasteiger partial charge >= 0.3 is 5.69 Å². The monoisotopic (exact) mass is 483 g/mol. The van der Waals surface area contributed by atoms with Crippen molar-refractivity contribution in [3.8, 4) is 5.13 Å². The van der Waals surface area contributed by atoms with Crippen molar-refractivity contribution in [1.82, 2.24) is 24.3 Å². The molecule has 0 spiro atoms. The largest absolute Gasteiger partial charge is 0.365 e. The second-order valence-corrected chi connectivity index (χ2v) is 8.41. The van der Waals surface area contributed by atoms with Gasteiger partial charge in [-0.15, -0.1) is 0 Å². The Bertz CT molecular complexity index is 1350. The number of rotatable bonds is 8. The highest BCUT2D eigenvalue weighted by Crippen LogP contribution is 2.22. The van der Waals surface area contributed by atoms with Crippen molar-refractivity contribution in [2.75, 3.05) is 5.32 Å². The number of amides is 2. The summed E-state index contributed by atoms with van der Waals surface area (Å²) in [7, 11) is 0. The molecule has 0 aliphatic heterocycles. The van der Waals surface area contributed by atoms with E-state index >= 15 is 0 Å². The van der Waals surface area contributed by atoms with Crippen LogP contribution in [0.3, 0.4) is 0 Å². The number of pyridine rings is 1. The average molecular weight is 484 g/mol. The second kappa shape index (κ2) is 9.76. The van der Waals surface area contributed by atoms with Gasteiger partial charge in [-0.1, -0.05) is 29.0 Å². The average Bonchev–Trinajstić information content (AvgIpc) is 3.38. The fraction of sp³-hybridized carbons (Fsp3) is 0.143. The van der Waals surface area contributed by atoms with E-state index in [-0.39, 0.29) is 16.6 Å². The van der Waals surface area contributed by atoms with Gasteiger partial charge in [0.2, 0.25) is 5.91 Å². The summed E-state index contributed by atoms with van der Waals surface area (Å²) in [6, 6.07) is 10.3. The number of hydrogen-bond donors (Lipinski definition) is 2. The normalized spacial score (nSPS) is 10.8. The number of nitrogens with two attached hydrogens (primary N) is 1. The molecule has 33 heavy (non-hydrogen) atoms. The zero-order valence-corrected chi connectivity index (χ0v) is 18.7. The number of hydrogen-bond acceptors (Lipinski definition) is 7. The van der Waals surface area contributed by atoms with Crippen LogP contribution in [-0.4, -0.2) is 36.1 Å². The van der Waals surface area contributed by atoms with Crippen LogP contribution in [0.5, 0.6) is 0 Å². The van der Waals surface area contributed by atoms with Crippen LogP contribution in [0.1, 0.15) is 20.9 Å². The third-order valence-electron chi connectivity index (χ3n) is 4.64. The van der Waals surface area contributed by atoms with Crippen molar-refractivity contribution in [1.29, 1.82) is 0 Å². The summed E-state index contributed by atoms with van der Waals surface area (Å²) in [5, 5.41) is 7.45. The van der Waals surface area contributed by atoms with E-state index in [0.717, 1.165) is 21.6 Å². The predicted molar refractivity (Wildman–Crippen MR) is 124 cm³/mol. The quantitative estimate of drug-likeness (QED) is 0.393. The third-order valence-corrected chi connectivity index (χ3v) is 6.01. The fourth-order valence-corrected chi connectivity index (χ4v) is 4.11. The first-order valence-electron chi connectivity index (χ1n) is 9.79. The number of halogens is 1. The summed E-state index contributed by atoms with van der Waals surface area (Å²) in [6.07, 6.45) is 5.73. The SMILES string of the molecule is NC(=O)c1sc(-n2cnn(CC(=O)Nc3ccc(Cl)cc3)c2=O)nc1CCc1cccnc1. The maximum atomic E-state index is 12.8. The lowest BCUT2D eigenvalue weighted by molar-refractivity contribution is -0.117. The van der Waals surface area contributed by atoms with E-state index in [1.807, 2.05) is 12.1 Å². The smallest absolute Gasteiger partial charge is 0.352 e. The van der Waals surface area contributed by atoms with E-state index in [0.29, 0.717) is 29.2 Å². The summed E-state index contributed by atoms with van der Waals surface area (Å²) in [4.78, 5) is 45.8. The van der Waals surface area contributed by atoms with Gasteiger partial charge in [-0.05, 0) is 48.7 Å². The van der Waals surface area contributed by atoms with E-state index in [4.69, 9.17) is 17.3 Å². The summed E-state index contributed by atoms with van der Waals surface area (Å²) in [6.45, 7) is -0.295. The van der Waals surface area contributed by atoms with Gasteiger partial charge in [-0.25, -0.2) is 19.0 Å². The zero-order valence-electron chi connectivity index (χ0n) is 17.1. The molecule has 168 valence electrons. The predicted octanol–water partition coefficient (Wildman–Crippen LogP) is 2.06. The number of carbonyl (C=O) groups is 2. The van der Waals surface area contributed by atoms with Crippen LogP contribution >= 0.6 is 22.9 Å². The third kappa shape index (κ3) is 5.33. The highest BCUT2D eigenvalue weighted by molar-refractivity contribution is 7.16. The van der Waals surface area contributed by atoms with E-state index in [2.05, 4.69) is 20.4 Å². The Morgan fingerprint density at radius 2 is 1.94 bits per heavy atom. The molecule has 2 amide bonds. The minimum absolute atomic E-state index is 0.249. The van der Waals surface area contributed by atoms with E-state index in [9.17, 15) is 14.4 Å². The van der Waals surface area contributed by atoms with Crippen LogP contribution in [0.25, 0.3) is 5.13 Å². The first-order valence-corrected chi connectivity index (χ1v) is 11.0. The number of primary amides is 1. The van der Waals surface area contributed by atoms with Crippen LogP contribution in [-0.2, 0) is 24.2 Å². The highest BCUT2D eigenvalue weighted by atomic mass is 35.5. The van der Waals surface area contributed by atoms with Crippen LogP contribution in [0.15, 0.2) is 59.9 Å². The molecule has 4 aromatic rings. The van der Waals surface area contributed by atoms with Gasteiger partial charge in [-0.3, -0.25) is 14.6 Å². The Labute approximate surface area is 196 Å². The van der Waals surface area contributed by atoms with Crippen molar-refractivity contribution >= 4 is 40.4 Å². The zero-order chi connectivity index (χ0) is 23.4. The van der Waals surface area contributed by atoms with Gasteiger partial charge < -0.3 is 11.1 Å². The minimum Gasteiger partial charge on any atom is -0.365 e.